The van der Waals surface area contributed by atoms with E-state index in [1.807, 2.05) is 6.92 Å². The number of benzene rings is 2. The molecule has 0 bridgehead atoms. The largest absolute Gasteiger partial charge is 0.383 e. The van der Waals surface area contributed by atoms with Gasteiger partial charge in [0.2, 0.25) is 0 Å². The summed E-state index contributed by atoms with van der Waals surface area (Å²) in [7, 11) is 0. The predicted molar refractivity (Wildman–Crippen MR) is 140 cm³/mol. The number of aromatic nitrogens is 1. The summed E-state index contributed by atoms with van der Waals surface area (Å²) >= 11 is 1.70. The average Bonchev–Trinajstić information content (AvgIpc) is 3.25. The highest BCUT2D eigenvalue weighted by atomic mass is 32.1. The molecule has 2 aromatic carbocycles. The van der Waals surface area contributed by atoms with Crippen LogP contribution in [0.3, 0.4) is 0 Å². The Balaban J connectivity index is 1.59. The molecule has 3 nitrogen and oxygen atoms in total. The molecular weight excluding hydrogens is 462 g/mol. The van der Waals surface area contributed by atoms with Crippen molar-refractivity contribution in [2.45, 2.75) is 78.0 Å². The molecule has 1 aliphatic rings. The van der Waals surface area contributed by atoms with Crippen molar-refractivity contribution in [3.05, 3.63) is 75.8 Å². The highest BCUT2D eigenvalue weighted by molar-refractivity contribution is 7.15. The number of aliphatic hydroxyl groups is 1. The zero-order valence-electron chi connectivity index (χ0n) is 21.3. The Kier molecular flexibility index (Phi) is 7.74. The van der Waals surface area contributed by atoms with E-state index in [9.17, 15) is 13.9 Å². The fourth-order valence-electron chi connectivity index (χ4n) is 4.90. The molecule has 0 aliphatic carbocycles. The zero-order chi connectivity index (χ0) is 25.3. The second-order valence-electron chi connectivity index (χ2n) is 10.5. The third-order valence-electron chi connectivity index (χ3n) is 7.32. The van der Waals surface area contributed by atoms with Crippen molar-refractivity contribution < 1.29 is 13.9 Å². The van der Waals surface area contributed by atoms with Crippen molar-refractivity contribution in [3.8, 4) is 10.6 Å². The molecule has 0 saturated heterocycles. The third kappa shape index (κ3) is 5.50. The van der Waals surface area contributed by atoms with Gasteiger partial charge in [0.25, 0.3) is 0 Å². The number of hydrogen-bond donors (Lipinski definition) is 1. The molecule has 0 amide bonds. The molecule has 2 heterocycles. The lowest BCUT2D eigenvalue weighted by atomic mass is 9.80. The van der Waals surface area contributed by atoms with E-state index in [0.717, 1.165) is 41.7 Å². The Bertz CT molecular complexity index is 1160. The van der Waals surface area contributed by atoms with Gasteiger partial charge in [0.05, 0.1) is 5.69 Å². The zero-order valence-corrected chi connectivity index (χ0v) is 22.1. The third-order valence-corrected chi connectivity index (χ3v) is 8.46. The van der Waals surface area contributed by atoms with Crippen LogP contribution in [0.15, 0.2) is 42.5 Å². The Labute approximate surface area is 211 Å². The first-order valence-electron chi connectivity index (χ1n) is 12.6. The fourth-order valence-corrected chi connectivity index (χ4v) is 6.04. The Morgan fingerprint density at radius 1 is 1.06 bits per heavy atom. The lowest BCUT2D eigenvalue weighted by molar-refractivity contribution is -0.0623. The summed E-state index contributed by atoms with van der Waals surface area (Å²) in [5, 5.41) is 12.9. The lowest BCUT2D eigenvalue weighted by Gasteiger charge is -2.43. The second-order valence-corrected chi connectivity index (χ2v) is 11.6. The van der Waals surface area contributed by atoms with E-state index < -0.39 is 17.2 Å². The van der Waals surface area contributed by atoms with Crippen LogP contribution >= 0.6 is 11.3 Å². The molecular formula is C29H36F2N2OS. The molecule has 3 aromatic rings. The molecule has 1 N–H and O–H groups in total. The summed E-state index contributed by atoms with van der Waals surface area (Å²) in [6, 6.07) is 11.8. The number of nitrogens with zero attached hydrogens (tertiary/aromatic N) is 2. The number of rotatable bonds is 8. The first kappa shape index (κ1) is 25.9. The maximum Gasteiger partial charge on any atom is 0.132 e. The van der Waals surface area contributed by atoms with Crippen molar-refractivity contribution in [3.63, 3.8) is 0 Å². The molecule has 1 aliphatic heterocycles. The van der Waals surface area contributed by atoms with E-state index >= 15 is 0 Å². The smallest absolute Gasteiger partial charge is 0.132 e. The van der Waals surface area contributed by atoms with Crippen molar-refractivity contribution in [2.24, 2.45) is 5.92 Å². The van der Waals surface area contributed by atoms with Crippen molar-refractivity contribution >= 4 is 11.3 Å². The second kappa shape index (κ2) is 10.5. The molecule has 0 radical (unpaired) electrons. The summed E-state index contributed by atoms with van der Waals surface area (Å²) in [6.45, 7) is 11.9. The molecule has 4 rings (SSSR count). The predicted octanol–water partition coefficient (Wildman–Crippen LogP) is 7.28. The van der Waals surface area contributed by atoms with Crippen LogP contribution in [0.2, 0.25) is 0 Å². The normalized spacial score (nSPS) is 17.0. The molecule has 2 atom stereocenters. The van der Waals surface area contributed by atoms with Crippen LogP contribution in [-0.4, -0.2) is 27.6 Å². The maximum absolute atomic E-state index is 14.9. The molecule has 1 aromatic heterocycles. The molecule has 35 heavy (non-hydrogen) atoms. The lowest BCUT2D eigenvalue weighted by Crippen LogP contribution is -2.51. The van der Waals surface area contributed by atoms with Gasteiger partial charge in [-0.25, -0.2) is 13.8 Å². The maximum atomic E-state index is 14.9. The Hall–Kier alpha value is -2.15. The van der Waals surface area contributed by atoms with Gasteiger partial charge in [-0.05, 0) is 43.2 Å². The van der Waals surface area contributed by atoms with Gasteiger partial charge < -0.3 is 5.11 Å². The number of halogens is 2. The van der Waals surface area contributed by atoms with E-state index in [4.69, 9.17) is 4.98 Å². The number of hydrogen-bond acceptors (Lipinski definition) is 4. The molecule has 0 spiro atoms. The molecule has 188 valence electrons. The molecule has 2 unspecified atom stereocenters. The van der Waals surface area contributed by atoms with Gasteiger partial charge in [0.1, 0.15) is 22.2 Å². The van der Waals surface area contributed by atoms with Gasteiger partial charge in [0.15, 0.2) is 0 Å². The van der Waals surface area contributed by atoms with E-state index in [1.54, 1.807) is 11.3 Å². The van der Waals surface area contributed by atoms with Crippen molar-refractivity contribution in [2.75, 3.05) is 6.54 Å². The van der Waals surface area contributed by atoms with E-state index in [2.05, 4.69) is 56.9 Å². The van der Waals surface area contributed by atoms with Crippen LogP contribution in [-0.2, 0) is 18.6 Å². The Morgan fingerprint density at radius 3 is 2.40 bits per heavy atom. The van der Waals surface area contributed by atoms with Crippen LogP contribution in [0.4, 0.5) is 8.78 Å². The van der Waals surface area contributed by atoms with Gasteiger partial charge in [-0.15, -0.1) is 11.3 Å². The minimum absolute atomic E-state index is 0.174. The average molecular weight is 499 g/mol. The van der Waals surface area contributed by atoms with E-state index in [0.29, 0.717) is 24.8 Å². The van der Waals surface area contributed by atoms with E-state index in [1.165, 1.54) is 22.6 Å². The van der Waals surface area contributed by atoms with Gasteiger partial charge in [-0.3, -0.25) is 4.90 Å². The molecule has 0 fully saturated rings. The minimum Gasteiger partial charge on any atom is -0.383 e. The summed E-state index contributed by atoms with van der Waals surface area (Å²) < 4.78 is 28.5. The summed E-state index contributed by atoms with van der Waals surface area (Å²) in [6.07, 6.45) is 1.94. The first-order valence-corrected chi connectivity index (χ1v) is 13.4. The van der Waals surface area contributed by atoms with Gasteiger partial charge >= 0.3 is 0 Å². The molecule has 6 heteroatoms. The van der Waals surface area contributed by atoms with Crippen molar-refractivity contribution in [1.29, 1.82) is 0 Å². The van der Waals surface area contributed by atoms with Crippen molar-refractivity contribution in [1.82, 2.24) is 9.88 Å². The van der Waals surface area contributed by atoms with Crippen LogP contribution in [0, 0.1) is 17.6 Å². The summed E-state index contributed by atoms with van der Waals surface area (Å²) in [5.41, 5.74) is 2.30. The van der Waals surface area contributed by atoms with Crippen LogP contribution in [0.5, 0.6) is 0 Å². The first-order chi connectivity index (χ1) is 16.6. The molecule has 0 saturated carbocycles. The van der Waals surface area contributed by atoms with Gasteiger partial charge in [-0.1, -0.05) is 58.0 Å². The minimum atomic E-state index is -1.42. The van der Waals surface area contributed by atoms with Crippen LogP contribution < -0.4 is 0 Å². The fraction of sp³-hybridized carbons (Fsp3) is 0.483. The summed E-state index contributed by atoms with van der Waals surface area (Å²) in [4.78, 5) is 8.33. The van der Waals surface area contributed by atoms with E-state index in [-0.39, 0.29) is 11.6 Å². The standard InChI is InChI=1S/C29H36F2N2OS/c1-18(2)12-14-29(34,24-11-10-23(30)16-25(24)31)20(5)33-15-13-26-27(17-33)35-28(32-26)22-8-6-21(7-9-22)19(3)4/h6-11,16,18-20,34H,12-15,17H2,1-5H3. The summed E-state index contributed by atoms with van der Waals surface area (Å²) in [5.74, 6) is -0.475. The van der Waals surface area contributed by atoms with Gasteiger partial charge in [0, 0.05) is 47.6 Å². The highest BCUT2D eigenvalue weighted by Gasteiger charge is 2.42. The Morgan fingerprint density at radius 2 is 1.77 bits per heavy atom. The quantitative estimate of drug-likeness (QED) is 0.354. The number of fused-ring (bicyclic) bond motifs is 1. The van der Waals surface area contributed by atoms with Crippen LogP contribution in [0.25, 0.3) is 10.6 Å². The SMILES string of the molecule is CC(C)CCC(O)(c1ccc(F)cc1F)C(C)N1CCc2nc(-c3ccc(C(C)C)cc3)sc2C1. The van der Waals surface area contributed by atoms with Crippen LogP contribution in [0.1, 0.15) is 75.1 Å². The monoisotopic (exact) mass is 498 g/mol. The van der Waals surface area contributed by atoms with Gasteiger partial charge in [-0.2, -0.15) is 0 Å². The highest BCUT2D eigenvalue weighted by Crippen LogP contribution is 2.39. The topological polar surface area (TPSA) is 36.4 Å². The number of thiazole rings is 1.